The number of primary amides is 1. The maximum atomic E-state index is 14.6. The zero-order valence-electron chi connectivity index (χ0n) is 33.5. The van der Waals surface area contributed by atoms with Gasteiger partial charge in [-0.05, 0) is 63.1 Å². The summed E-state index contributed by atoms with van der Waals surface area (Å²) >= 11 is 0. The van der Waals surface area contributed by atoms with Crippen molar-refractivity contribution in [2.75, 3.05) is 13.1 Å². The van der Waals surface area contributed by atoms with Gasteiger partial charge in [-0.2, -0.15) is 0 Å². The predicted molar refractivity (Wildman–Crippen MR) is 217 cm³/mol. The smallest absolute Gasteiger partial charge is 0.246 e. The molecule has 2 fully saturated rings. The lowest BCUT2D eigenvalue weighted by atomic mass is 10.0. The van der Waals surface area contributed by atoms with E-state index in [9.17, 15) is 33.6 Å². The van der Waals surface area contributed by atoms with Gasteiger partial charge in [0.2, 0.25) is 41.4 Å². The van der Waals surface area contributed by atoms with Crippen LogP contribution in [0.5, 0.6) is 0 Å². The molecule has 9 N–H and O–H groups in total. The molecule has 0 saturated carbocycles. The lowest BCUT2D eigenvalue weighted by molar-refractivity contribution is -0.148. The van der Waals surface area contributed by atoms with Crippen LogP contribution in [0.2, 0.25) is 0 Å². The van der Waals surface area contributed by atoms with E-state index < -0.39 is 77.7 Å². The van der Waals surface area contributed by atoms with Gasteiger partial charge >= 0.3 is 0 Å². The van der Waals surface area contributed by atoms with Crippen molar-refractivity contribution in [3.63, 3.8) is 0 Å². The highest BCUT2D eigenvalue weighted by Crippen LogP contribution is 2.27. The summed E-state index contributed by atoms with van der Waals surface area (Å²) in [6.07, 6.45) is 5.70. The van der Waals surface area contributed by atoms with E-state index in [0.717, 1.165) is 28.5 Å². The van der Waals surface area contributed by atoms with Gasteiger partial charge in [0.15, 0.2) is 0 Å². The van der Waals surface area contributed by atoms with Crippen molar-refractivity contribution in [2.24, 2.45) is 11.5 Å². The van der Waals surface area contributed by atoms with Gasteiger partial charge in [-0.15, -0.1) is 0 Å². The number of carbonyl (C=O) groups excluding carboxylic acids is 7. The second kappa shape index (κ2) is 20.1. The maximum absolute atomic E-state index is 14.6. The van der Waals surface area contributed by atoms with Crippen molar-refractivity contribution >= 4 is 52.3 Å². The number of benzene rings is 2. The molecule has 312 valence electrons. The number of fused-ring (bicyclic) bond motifs is 1. The van der Waals surface area contributed by atoms with Crippen LogP contribution in [0.15, 0.2) is 60.8 Å². The first-order chi connectivity index (χ1) is 27.8. The molecule has 2 aromatic carbocycles. The number of H-pyrrole nitrogens is 1. The van der Waals surface area contributed by atoms with E-state index in [-0.39, 0.29) is 25.3 Å². The normalized spacial score (nSPS) is 19.1. The number of nitrogens with zero attached hydrogens (tertiary/aromatic N) is 2. The van der Waals surface area contributed by atoms with Crippen molar-refractivity contribution in [3.8, 4) is 0 Å². The first-order valence-electron chi connectivity index (χ1n) is 20.2. The minimum Gasteiger partial charge on any atom is -0.368 e. The molecule has 16 heteroatoms. The number of likely N-dealkylation sites (tertiary alicyclic amines) is 2. The molecule has 3 aromatic rings. The molecule has 5 rings (SSSR count). The number of hydrogen-bond donors (Lipinski definition) is 7. The van der Waals surface area contributed by atoms with E-state index in [2.05, 4.69) is 26.3 Å². The molecule has 1 aromatic heterocycles. The number of hydrogen-bond acceptors (Lipinski definition) is 8. The van der Waals surface area contributed by atoms with Crippen LogP contribution in [-0.2, 0) is 46.4 Å². The van der Waals surface area contributed by atoms with Crippen LogP contribution in [0.4, 0.5) is 0 Å². The summed E-state index contributed by atoms with van der Waals surface area (Å²) in [5, 5.41) is 11.8. The Hall–Kier alpha value is -5.77. The average Bonchev–Trinajstić information content (AvgIpc) is 3.99. The standard InChI is InChI=1S/C42H57N9O7/c1-4-5-16-31(36(44)52)47-40(56)34-18-11-20-50(34)42(58)35-19-12-21-51(35)41(57)33(22-27-13-7-6-8-14-27)49-39(55)32(48-38(54)26(3)46-37(53)25(2)43)23-28-24-45-30-17-10-9-15-29(28)30/h6-10,13-15,17,24-26,31-35,45H,4-5,11-12,16,18-23,43H2,1-3H3,(H2,44,52)(H,46,53)(H,47,56)(H,48,54)(H,49,55)/t25-,26-,31-,32+,33-,34-,35+/m0/s1. The van der Waals surface area contributed by atoms with Crippen LogP contribution < -0.4 is 32.7 Å². The Kier molecular flexibility index (Phi) is 15.0. The zero-order valence-corrected chi connectivity index (χ0v) is 33.5. The second-order valence-corrected chi connectivity index (χ2v) is 15.4. The molecule has 2 aliphatic rings. The number of para-hydroxylation sites is 1. The Morgan fingerprint density at radius 2 is 1.41 bits per heavy atom. The predicted octanol–water partition coefficient (Wildman–Crippen LogP) is 0.917. The van der Waals surface area contributed by atoms with Gasteiger partial charge in [0.05, 0.1) is 6.04 Å². The van der Waals surface area contributed by atoms with Gasteiger partial charge in [0.25, 0.3) is 0 Å². The van der Waals surface area contributed by atoms with Gasteiger partial charge in [-0.1, -0.05) is 68.3 Å². The molecule has 0 radical (unpaired) electrons. The zero-order chi connectivity index (χ0) is 41.9. The van der Waals surface area contributed by atoms with E-state index in [1.54, 1.807) is 6.20 Å². The molecule has 7 atom stereocenters. The lowest BCUT2D eigenvalue weighted by Crippen LogP contribution is -2.60. The summed E-state index contributed by atoms with van der Waals surface area (Å²) in [5.74, 6) is -3.73. The number of aromatic amines is 1. The van der Waals surface area contributed by atoms with Gasteiger partial charge in [-0.3, -0.25) is 33.6 Å². The molecule has 0 bridgehead atoms. The third-order valence-electron chi connectivity index (χ3n) is 11.0. The van der Waals surface area contributed by atoms with Crippen molar-refractivity contribution in [2.45, 2.75) is 121 Å². The number of nitrogens with one attached hydrogen (secondary N) is 5. The third kappa shape index (κ3) is 10.8. The Balaban J connectivity index is 1.38. The number of carbonyl (C=O) groups is 7. The Labute approximate surface area is 338 Å². The molecule has 2 saturated heterocycles. The molecular formula is C42H57N9O7. The second-order valence-electron chi connectivity index (χ2n) is 15.4. The van der Waals surface area contributed by atoms with Crippen molar-refractivity contribution < 1.29 is 33.6 Å². The van der Waals surface area contributed by atoms with Crippen LogP contribution >= 0.6 is 0 Å². The number of rotatable bonds is 18. The monoisotopic (exact) mass is 799 g/mol. The first-order valence-corrected chi connectivity index (χ1v) is 20.2. The number of nitrogens with two attached hydrogens (primary N) is 2. The highest BCUT2D eigenvalue weighted by Gasteiger charge is 2.44. The van der Waals surface area contributed by atoms with E-state index in [0.29, 0.717) is 45.1 Å². The molecule has 0 unspecified atom stereocenters. The van der Waals surface area contributed by atoms with Crippen LogP contribution in [0, 0.1) is 0 Å². The number of amides is 7. The minimum absolute atomic E-state index is 0.0556. The molecule has 7 amide bonds. The Morgan fingerprint density at radius 3 is 2.10 bits per heavy atom. The molecule has 0 aliphatic carbocycles. The van der Waals surface area contributed by atoms with E-state index in [1.165, 1.54) is 23.6 Å². The van der Waals surface area contributed by atoms with Crippen LogP contribution in [-0.4, -0.2) is 112 Å². The number of unbranched alkanes of at least 4 members (excludes halogenated alkanes) is 1. The highest BCUT2D eigenvalue weighted by atomic mass is 16.2. The Bertz CT molecular complexity index is 1950. The van der Waals surface area contributed by atoms with E-state index in [1.807, 2.05) is 61.5 Å². The summed E-state index contributed by atoms with van der Waals surface area (Å²) in [5.41, 5.74) is 13.6. The summed E-state index contributed by atoms with van der Waals surface area (Å²) in [7, 11) is 0. The van der Waals surface area contributed by atoms with Gasteiger partial charge in [0, 0.05) is 43.0 Å². The topological polar surface area (TPSA) is 242 Å². The fourth-order valence-corrected chi connectivity index (χ4v) is 7.70. The van der Waals surface area contributed by atoms with Crippen LogP contribution in [0.25, 0.3) is 10.9 Å². The maximum Gasteiger partial charge on any atom is 0.246 e. The first kappa shape index (κ1) is 43.4. The summed E-state index contributed by atoms with van der Waals surface area (Å²) in [6.45, 7) is 5.52. The fraction of sp³-hybridized carbons (Fsp3) is 0.500. The SMILES string of the molecule is CCCC[C@H](NC(=O)[C@@H]1CCCN1C(=O)[C@H]1CCCN1C(=O)[C@H](Cc1ccccc1)NC(=O)[C@@H](Cc1c[nH]c2ccccc12)NC(=O)[C@H](C)NC(=O)[C@H](C)N)C(N)=O. The highest BCUT2D eigenvalue weighted by molar-refractivity contribution is 5.98. The molecule has 0 spiro atoms. The van der Waals surface area contributed by atoms with Crippen LogP contribution in [0.3, 0.4) is 0 Å². The van der Waals surface area contributed by atoms with E-state index >= 15 is 0 Å². The van der Waals surface area contributed by atoms with Gasteiger partial charge in [-0.25, -0.2) is 0 Å². The van der Waals surface area contributed by atoms with Crippen molar-refractivity contribution in [3.05, 3.63) is 71.9 Å². The minimum atomic E-state index is -1.17. The largest absolute Gasteiger partial charge is 0.368 e. The number of aromatic nitrogens is 1. The van der Waals surface area contributed by atoms with E-state index in [4.69, 9.17) is 11.5 Å². The van der Waals surface area contributed by atoms with Gasteiger partial charge < -0.3 is 47.5 Å². The van der Waals surface area contributed by atoms with Crippen molar-refractivity contribution in [1.29, 1.82) is 0 Å². The fourth-order valence-electron chi connectivity index (χ4n) is 7.70. The molecule has 2 aliphatic heterocycles. The third-order valence-corrected chi connectivity index (χ3v) is 11.0. The molecule has 3 heterocycles. The summed E-state index contributed by atoms with van der Waals surface area (Å²) in [6, 6.07) is 9.95. The summed E-state index contributed by atoms with van der Waals surface area (Å²) in [4.78, 5) is 101. The van der Waals surface area contributed by atoms with Crippen molar-refractivity contribution in [1.82, 2.24) is 36.1 Å². The quantitative estimate of drug-likeness (QED) is 0.0974. The Morgan fingerprint density at radius 1 is 0.759 bits per heavy atom. The average molecular weight is 800 g/mol. The van der Waals surface area contributed by atoms with Crippen LogP contribution in [0.1, 0.15) is 76.8 Å². The molecule has 16 nitrogen and oxygen atoms in total. The van der Waals surface area contributed by atoms with Gasteiger partial charge in [0.1, 0.15) is 36.3 Å². The molecular weight excluding hydrogens is 743 g/mol. The lowest BCUT2D eigenvalue weighted by Gasteiger charge is -2.33. The summed E-state index contributed by atoms with van der Waals surface area (Å²) < 4.78 is 0. The molecule has 58 heavy (non-hydrogen) atoms.